The van der Waals surface area contributed by atoms with Crippen molar-refractivity contribution in [2.75, 3.05) is 20.2 Å². The van der Waals surface area contributed by atoms with Crippen molar-refractivity contribution in [2.45, 2.75) is 32.4 Å². The number of nitrogens with zero attached hydrogens (tertiary/aromatic N) is 3. The van der Waals surface area contributed by atoms with E-state index in [1.165, 1.54) is 7.11 Å². The van der Waals surface area contributed by atoms with Gasteiger partial charge in [0.15, 0.2) is 5.78 Å². The number of ether oxygens (including phenoxy) is 1. The highest BCUT2D eigenvalue weighted by atomic mass is 16.5. The summed E-state index contributed by atoms with van der Waals surface area (Å²) in [5.41, 5.74) is 1.90. The van der Waals surface area contributed by atoms with Crippen LogP contribution in [0.3, 0.4) is 0 Å². The van der Waals surface area contributed by atoms with E-state index in [4.69, 9.17) is 0 Å². The number of hydrogen-bond acceptors (Lipinski definition) is 5. The van der Waals surface area contributed by atoms with E-state index >= 15 is 0 Å². The highest BCUT2D eigenvalue weighted by Crippen LogP contribution is 2.22. The number of rotatable bonds is 7. The number of methoxy groups -OCH3 is 1. The molecular weight excluding hydrogens is 330 g/mol. The maximum absolute atomic E-state index is 12.7. The lowest BCUT2D eigenvalue weighted by atomic mass is 9.90. The van der Waals surface area contributed by atoms with E-state index in [1.807, 2.05) is 42.7 Å². The Morgan fingerprint density at radius 2 is 2.08 bits per heavy atom. The Labute approximate surface area is 153 Å². The number of ketones is 1. The molecule has 0 bridgehead atoms. The maximum atomic E-state index is 12.7. The molecule has 1 aliphatic rings. The van der Waals surface area contributed by atoms with Gasteiger partial charge in [0.2, 0.25) is 0 Å². The van der Waals surface area contributed by atoms with Crippen LogP contribution < -0.4 is 0 Å². The average Bonchev–Trinajstić information content (AvgIpc) is 3.13. The van der Waals surface area contributed by atoms with Crippen LogP contribution in [-0.2, 0) is 22.6 Å². The third kappa shape index (κ3) is 4.79. The number of carbonyl (C=O) groups is 2. The lowest BCUT2D eigenvalue weighted by Gasteiger charge is -2.31. The van der Waals surface area contributed by atoms with Gasteiger partial charge in [-0.05, 0) is 19.4 Å². The Bertz CT molecular complexity index is 742. The Kier molecular flexibility index (Phi) is 6.17. The Balaban J connectivity index is 1.54. The first-order valence-electron chi connectivity index (χ1n) is 9.05. The summed E-state index contributed by atoms with van der Waals surface area (Å²) in [6, 6.07) is 9.55. The fourth-order valence-electron chi connectivity index (χ4n) is 3.43. The molecule has 1 saturated heterocycles. The zero-order valence-electron chi connectivity index (χ0n) is 15.1. The SMILES string of the molecule is COC(=O)CCn1cc(CN2CCC[C@@H](C(=O)c3ccccc3)C2)cn1. The van der Waals surface area contributed by atoms with Crippen molar-refractivity contribution in [1.29, 1.82) is 0 Å². The Morgan fingerprint density at radius 3 is 2.85 bits per heavy atom. The van der Waals surface area contributed by atoms with Gasteiger partial charge in [0.05, 0.1) is 26.3 Å². The molecule has 26 heavy (non-hydrogen) atoms. The summed E-state index contributed by atoms with van der Waals surface area (Å²) in [5, 5.41) is 4.30. The van der Waals surface area contributed by atoms with Crippen LogP contribution in [-0.4, -0.2) is 46.6 Å². The van der Waals surface area contributed by atoms with Crippen molar-refractivity contribution < 1.29 is 14.3 Å². The second-order valence-electron chi connectivity index (χ2n) is 6.74. The molecular formula is C20H25N3O3. The second-order valence-corrected chi connectivity index (χ2v) is 6.74. The van der Waals surface area contributed by atoms with Gasteiger partial charge in [-0.2, -0.15) is 5.10 Å². The monoisotopic (exact) mass is 355 g/mol. The number of aromatic nitrogens is 2. The van der Waals surface area contributed by atoms with E-state index in [2.05, 4.69) is 14.7 Å². The van der Waals surface area contributed by atoms with Gasteiger partial charge in [-0.3, -0.25) is 19.2 Å². The van der Waals surface area contributed by atoms with Crippen LogP contribution in [0.1, 0.15) is 35.2 Å². The smallest absolute Gasteiger partial charge is 0.307 e. The van der Waals surface area contributed by atoms with Crippen LogP contribution in [0.15, 0.2) is 42.7 Å². The zero-order valence-corrected chi connectivity index (χ0v) is 15.1. The summed E-state index contributed by atoms with van der Waals surface area (Å²) in [7, 11) is 1.39. The number of likely N-dealkylation sites (tertiary alicyclic amines) is 1. The topological polar surface area (TPSA) is 64.4 Å². The minimum Gasteiger partial charge on any atom is -0.469 e. The predicted octanol–water partition coefficient (Wildman–Crippen LogP) is 2.54. The Hall–Kier alpha value is -2.47. The number of aryl methyl sites for hydroxylation is 1. The van der Waals surface area contributed by atoms with Gasteiger partial charge in [0.25, 0.3) is 0 Å². The van der Waals surface area contributed by atoms with Gasteiger partial charge in [-0.15, -0.1) is 0 Å². The summed E-state index contributed by atoms with van der Waals surface area (Å²) < 4.78 is 6.42. The molecule has 1 aliphatic heterocycles. The van der Waals surface area contributed by atoms with Crippen LogP contribution in [0.25, 0.3) is 0 Å². The molecule has 1 fully saturated rings. The first kappa shape index (κ1) is 18.3. The van der Waals surface area contributed by atoms with Crippen LogP contribution in [0, 0.1) is 5.92 Å². The van der Waals surface area contributed by atoms with Crippen molar-refractivity contribution in [3.8, 4) is 0 Å². The van der Waals surface area contributed by atoms with Gasteiger partial charge in [0, 0.05) is 36.3 Å². The van der Waals surface area contributed by atoms with Crippen LogP contribution >= 0.6 is 0 Å². The normalized spacial score (nSPS) is 17.8. The molecule has 6 nitrogen and oxygen atoms in total. The number of hydrogen-bond donors (Lipinski definition) is 0. The van der Waals surface area contributed by atoms with Crippen LogP contribution in [0.4, 0.5) is 0 Å². The van der Waals surface area contributed by atoms with Crippen molar-refractivity contribution >= 4 is 11.8 Å². The highest BCUT2D eigenvalue weighted by molar-refractivity contribution is 5.98. The Morgan fingerprint density at radius 1 is 1.27 bits per heavy atom. The molecule has 0 spiro atoms. The quantitative estimate of drug-likeness (QED) is 0.564. The molecule has 3 rings (SSSR count). The molecule has 0 radical (unpaired) electrons. The lowest BCUT2D eigenvalue weighted by Crippen LogP contribution is -2.38. The molecule has 2 heterocycles. The molecule has 1 aromatic heterocycles. The van der Waals surface area contributed by atoms with Gasteiger partial charge >= 0.3 is 5.97 Å². The molecule has 0 N–H and O–H groups in total. The zero-order chi connectivity index (χ0) is 18.4. The van der Waals surface area contributed by atoms with E-state index < -0.39 is 0 Å². The summed E-state index contributed by atoms with van der Waals surface area (Å²) in [6.07, 6.45) is 6.09. The summed E-state index contributed by atoms with van der Waals surface area (Å²) in [5.74, 6) is 0.0601. The molecule has 0 aliphatic carbocycles. The lowest BCUT2D eigenvalue weighted by molar-refractivity contribution is -0.140. The molecule has 1 atom stereocenters. The molecule has 0 saturated carbocycles. The van der Waals surface area contributed by atoms with Gasteiger partial charge < -0.3 is 4.74 Å². The number of benzene rings is 1. The van der Waals surface area contributed by atoms with Gasteiger partial charge in [-0.1, -0.05) is 30.3 Å². The van der Waals surface area contributed by atoms with Gasteiger partial charge in [0.1, 0.15) is 0 Å². The number of esters is 1. The number of carbonyl (C=O) groups excluding carboxylic acids is 2. The summed E-state index contributed by atoms with van der Waals surface area (Å²) in [6.45, 7) is 3.06. The molecule has 0 unspecified atom stereocenters. The van der Waals surface area contributed by atoms with Gasteiger partial charge in [-0.25, -0.2) is 0 Å². The van der Waals surface area contributed by atoms with Crippen molar-refractivity contribution in [3.05, 3.63) is 53.9 Å². The van der Waals surface area contributed by atoms with Crippen molar-refractivity contribution in [3.63, 3.8) is 0 Å². The van der Waals surface area contributed by atoms with E-state index in [1.54, 1.807) is 4.68 Å². The second kappa shape index (κ2) is 8.76. The first-order valence-corrected chi connectivity index (χ1v) is 9.05. The summed E-state index contributed by atoms with van der Waals surface area (Å²) >= 11 is 0. The molecule has 6 heteroatoms. The molecule has 138 valence electrons. The minimum absolute atomic E-state index is 0.0560. The van der Waals surface area contributed by atoms with E-state index in [9.17, 15) is 9.59 Å². The van der Waals surface area contributed by atoms with Crippen LogP contribution in [0.5, 0.6) is 0 Å². The summed E-state index contributed by atoms with van der Waals surface area (Å²) in [4.78, 5) is 26.2. The maximum Gasteiger partial charge on any atom is 0.307 e. The minimum atomic E-state index is -0.236. The third-order valence-electron chi connectivity index (χ3n) is 4.80. The average molecular weight is 355 g/mol. The van der Waals surface area contributed by atoms with Crippen molar-refractivity contribution in [1.82, 2.24) is 14.7 Å². The number of piperidine rings is 1. The van der Waals surface area contributed by atoms with Crippen molar-refractivity contribution in [2.24, 2.45) is 5.92 Å². The fourth-order valence-corrected chi connectivity index (χ4v) is 3.43. The van der Waals surface area contributed by atoms with E-state index in [0.717, 1.165) is 43.6 Å². The fraction of sp³-hybridized carbons (Fsp3) is 0.450. The van der Waals surface area contributed by atoms with E-state index in [-0.39, 0.29) is 17.7 Å². The van der Waals surface area contributed by atoms with Crippen LogP contribution in [0.2, 0.25) is 0 Å². The molecule has 1 aromatic carbocycles. The highest BCUT2D eigenvalue weighted by Gasteiger charge is 2.26. The third-order valence-corrected chi connectivity index (χ3v) is 4.80. The first-order chi connectivity index (χ1) is 12.7. The predicted molar refractivity (Wildman–Crippen MR) is 97.6 cm³/mol. The molecule has 2 aromatic rings. The number of Topliss-reactive ketones (excluding diaryl/α,β-unsaturated/α-hetero) is 1. The largest absolute Gasteiger partial charge is 0.469 e. The van der Waals surface area contributed by atoms with E-state index in [0.29, 0.717) is 13.0 Å². The standard InChI is InChI=1S/C20H25N3O3/c1-26-19(24)9-11-23-14-16(12-21-23)13-22-10-5-8-18(15-22)20(25)17-6-3-2-4-7-17/h2-4,6-7,12,14,18H,5,8-11,13,15H2,1H3/t18-/m1/s1. The molecule has 0 amide bonds.